The summed E-state index contributed by atoms with van der Waals surface area (Å²) in [6.45, 7) is 3.92. The maximum absolute atomic E-state index is 11.5. The van der Waals surface area contributed by atoms with Crippen molar-refractivity contribution < 1.29 is 19.4 Å². The molecular weight excluding hydrogens is 246 g/mol. The van der Waals surface area contributed by atoms with Crippen LogP contribution in [0.2, 0.25) is 0 Å². The van der Waals surface area contributed by atoms with Crippen LogP contribution in [0.15, 0.2) is 18.2 Å². The Morgan fingerprint density at radius 3 is 2.74 bits per heavy atom. The lowest BCUT2D eigenvalue weighted by Crippen LogP contribution is -2.31. The van der Waals surface area contributed by atoms with Gasteiger partial charge in [0.2, 0.25) is 5.91 Å². The van der Waals surface area contributed by atoms with E-state index in [1.54, 1.807) is 18.2 Å². The average molecular weight is 267 g/mol. The van der Waals surface area contributed by atoms with Crippen molar-refractivity contribution in [1.29, 1.82) is 0 Å². The highest BCUT2D eigenvalue weighted by Gasteiger charge is 2.11. The first kappa shape index (κ1) is 15.3. The summed E-state index contributed by atoms with van der Waals surface area (Å²) in [6.07, 6.45) is 0.265. The summed E-state index contributed by atoms with van der Waals surface area (Å²) < 4.78 is 10.7. The van der Waals surface area contributed by atoms with E-state index in [1.807, 2.05) is 13.8 Å². The van der Waals surface area contributed by atoms with Crippen molar-refractivity contribution in [3.8, 4) is 11.5 Å². The molecule has 5 nitrogen and oxygen atoms in total. The molecule has 0 fully saturated rings. The molecule has 1 amide bonds. The molecule has 0 saturated carbocycles. The van der Waals surface area contributed by atoms with Gasteiger partial charge in [-0.15, -0.1) is 0 Å². The van der Waals surface area contributed by atoms with Crippen LogP contribution in [0.5, 0.6) is 11.5 Å². The van der Waals surface area contributed by atoms with Crippen LogP contribution in [0.25, 0.3) is 0 Å². The lowest BCUT2D eigenvalue weighted by molar-refractivity contribution is -0.122. The molecule has 0 atom stereocenters. The van der Waals surface area contributed by atoms with Crippen LogP contribution in [-0.2, 0) is 11.4 Å². The van der Waals surface area contributed by atoms with Gasteiger partial charge in [0.25, 0.3) is 0 Å². The molecule has 0 aliphatic carbocycles. The highest BCUT2D eigenvalue weighted by atomic mass is 16.5. The summed E-state index contributed by atoms with van der Waals surface area (Å²) in [6, 6.07) is 5.41. The molecule has 19 heavy (non-hydrogen) atoms. The summed E-state index contributed by atoms with van der Waals surface area (Å²) in [4.78, 5) is 11.5. The van der Waals surface area contributed by atoms with E-state index < -0.39 is 0 Å². The summed E-state index contributed by atoms with van der Waals surface area (Å²) in [5.74, 6) is 0.983. The highest BCUT2D eigenvalue weighted by Crippen LogP contribution is 2.31. The van der Waals surface area contributed by atoms with E-state index in [1.165, 1.54) is 7.11 Å². The Morgan fingerprint density at radius 2 is 2.16 bits per heavy atom. The topological polar surface area (TPSA) is 67.8 Å². The van der Waals surface area contributed by atoms with Gasteiger partial charge in [0.1, 0.15) is 0 Å². The number of rotatable bonds is 7. The Labute approximate surface area is 113 Å². The standard InChI is InChI=1S/C14H21NO4/c1-10(2)15-13(17)7-8-19-14-11(9-16)5-4-6-12(14)18-3/h4-6,10,16H,7-9H2,1-3H3,(H,15,17). The monoisotopic (exact) mass is 267 g/mol. The van der Waals surface area contributed by atoms with Crippen molar-refractivity contribution in [2.45, 2.75) is 32.9 Å². The lowest BCUT2D eigenvalue weighted by Gasteiger charge is -2.14. The fraction of sp³-hybridized carbons (Fsp3) is 0.500. The zero-order chi connectivity index (χ0) is 14.3. The third-order valence-electron chi connectivity index (χ3n) is 2.48. The quantitative estimate of drug-likeness (QED) is 0.785. The Hall–Kier alpha value is -1.75. The molecule has 0 saturated heterocycles. The van der Waals surface area contributed by atoms with Crippen molar-refractivity contribution in [2.75, 3.05) is 13.7 Å². The molecule has 5 heteroatoms. The normalized spacial score (nSPS) is 10.4. The summed E-state index contributed by atoms with van der Waals surface area (Å²) in [5.41, 5.74) is 0.642. The summed E-state index contributed by atoms with van der Waals surface area (Å²) in [7, 11) is 1.54. The Balaban J connectivity index is 2.59. The lowest BCUT2D eigenvalue weighted by atomic mass is 10.2. The summed E-state index contributed by atoms with van der Waals surface area (Å²) in [5, 5.41) is 12.0. The average Bonchev–Trinajstić information content (AvgIpc) is 2.37. The molecule has 0 radical (unpaired) electrons. The Bertz CT molecular complexity index is 396. The van der Waals surface area contributed by atoms with Gasteiger partial charge in [-0.2, -0.15) is 0 Å². The number of carbonyl (C=O) groups excluding carboxylic acids is 1. The van der Waals surface area contributed by atoms with Crippen LogP contribution in [0.4, 0.5) is 0 Å². The van der Waals surface area contributed by atoms with E-state index in [0.717, 1.165) is 0 Å². The molecule has 0 aliphatic heterocycles. The van der Waals surface area contributed by atoms with Gasteiger partial charge in [-0.05, 0) is 19.9 Å². The largest absolute Gasteiger partial charge is 0.493 e. The van der Waals surface area contributed by atoms with Crippen molar-refractivity contribution in [3.63, 3.8) is 0 Å². The van der Waals surface area contributed by atoms with Gasteiger partial charge >= 0.3 is 0 Å². The second-order valence-corrected chi connectivity index (χ2v) is 4.43. The minimum Gasteiger partial charge on any atom is -0.493 e. The first-order chi connectivity index (χ1) is 9.08. The van der Waals surface area contributed by atoms with E-state index in [2.05, 4.69) is 5.32 Å². The molecule has 0 heterocycles. The van der Waals surface area contributed by atoms with E-state index in [0.29, 0.717) is 17.1 Å². The van der Waals surface area contributed by atoms with E-state index >= 15 is 0 Å². The van der Waals surface area contributed by atoms with Gasteiger partial charge < -0.3 is 19.9 Å². The number of amides is 1. The Morgan fingerprint density at radius 1 is 1.42 bits per heavy atom. The van der Waals surface area contributed by atoms with E-state index in [-0.39, 0.29) is 31.6 Å². The second kappa shape index (κ2) is 7.63. The number of ether oxygens (including phenoxy) is 2. The first-order valence-electron chi connectivity index (χ1n) is 6.27. The Kier molecular flexibility index (Phi) is 6.15. The fourth-order valence-electron chi connectivity index (χ4n) is 1.65. The van der Waals surface area contributed by atoms with Crippen LogP contribution in [-0.4, -0.2) is 30.8 Å². The van der Waals surface area contributed by atoms with Crippen LogP contribution in [0, 0.1) is 0 Å². The number of aliphatic hydroxyl groups is 1. The van der Waals surface area contributed by atoms with Gasteiger partial charge in [-0.1, -0.05) is 12.1 Å². The molecule has 1 rings (SSSR count). The summed E-state index contributed by atoms with van der Waals surface area (Å²) >= 11 is 0. The third-order valence-corrected chi connectivity index (χ3v) is 2.48. The van der Waals surface area contributed by atoms with E-state index in [4.69, 9.17) is 9.47 Å². The fourth-order valence-corrected chi connectivity index (χ4v) is 1.65. The molecule has 0 unspecified atom stereocenters. The van der Waals surface area contributed by atoms with Crippen molar-refractivity contribution in [2.24, 2.45) is 0 Å². The van der Waals surface area contributed by atoms with Crippen molar-refractivity contribution in [3.05, 3.63) is 23.8 Å². The van der Waals surface area contributed by atoms with Crippen LogP contribution < -0.4 is 14.8 Å². The van der Waals surface area contributed by atoms with Gasteiger partial charge in [0.15, 0.2) is 11.5 Å². The minimum atomic E-state index is -0.134. The molecular formula is C14H21NO4. The predicted octanol–water partition coefficient (Wildman–Crippen LogP) is 1.48. The molecule has 2 N–H and O–H groups in total. The van der Waals surface area contributed by atoms with Crippen molar-refractivity contribution >= 4 is 5.91 Å². The maximum Gasteiger partial charge on any atom is 0.223 e. The number of nitrogens with one attached hydrogen (secondary N) is 1. The number of para-hydroxylation sites is 1. The minimum absolute atomic E-state index is 0.0598. The zero-order valence-corrected chi connectivity index (χ0v) is 11.6. The van der Waals surface area contributed by atoms with Gasteiger partial charge in [0.05, 0.1) is 26.7 Å². The van der Waals surface area contributed by atoms with Gasteiger partial charge in [0, 0.05) is 11.6 Å². The first-order valence-corrected chi connectivity index (χ1v) is 6.27. The van der Waals surface area contributed by atoms with E-state index in [9.17, 15) is 9.90 Å². The van der Waals surface area contributed by atoms with Gasteiger partial charge in [-0.3, -0.25) is 4.79 Å². The number of carbonyl (C=O) groups is 1. The SMILES string of the molecule is COc1cccc(CO)c1OCCC(=O)NC(C)C. The molecule has 0 bridgehead atoms. The number of hydrogen-bond acceptors (Lipinski definition) is 4. The predicted molar refractivity (Wildman–Crippen MR) is 72.3 cm³/mol. The molecule has 0 spiro atoms. The zero-order valence-electron chi connectivity index (χ0n) is 11.6. The van der Waals surface area contributed by atoms with Crippen LogP contribution >= 0.6 is 0 Å². The number of aliphatic hydroxyl groups excluding tert-OH is 1. The maximum atomic E-state index is 11.5. The van der Waals surface area contributed by atoms with Gasteiger partial charge in [-0.25, -0.2) is 0 Å². The number of hydrogen-bond donors (Lipinski definition) is 2. The highest BCUT2D eigenvalue weighted by molar-refractivity contribution is 5.76. The number of methoxy groups -OCH3 is 1. The molecule has 1 aromatic rings. The molecule has 0 aliphatic rings. The number of benzene rings is 1. The molecule has 0 aromatic heterocycles. The second-order valence-electron chi connectivity index (χ2n) is 4.43. The molecule has 106 valence electrons. The smallest absolute Gasteiger partial charge is 0.223 e. The van der Waals surface area contributed by atoms with Crippen LogP contribution in [0.1, 0.15) is 25.8 Å². The third kappa shape index (κ3) is 4.79. The molecule has 1 aromatic carbocycles. The van der Waals surface area contributed by atoms with Crippen LogP contribution in [0.3, 0.4) is 0 Å². The van der Waals surface area contributed by atoms with Crippen molar-refractivity contribution in [1.82, 2.24) is 5.32 Å².